The fraction of sp³-hybridized carbons (Fsp3) is 0.353. The van der Waals surface area contributed by atoms with Gasteiger partial charge in [-0.25, -0.2) is 0 Å². The Morgan fingerprint density at radius 1 is 1.32 bits per heavy atom. The maximum Gasteiger partial charge on any atom is 0.248 e. The Kier molecular flexibility index (Phi) is 4.27. The lowest BCUT2D eigenvalue weighted by molar-refractivity contribution is -0.141. The fourth-order valence-electron chi connectivity index (χ4n) is 2.75. The van der Waals surface area contributed by atoms with Gasteiger partial charge in [-0.2, -0.15) is 0 Å². The molecule has 0 radical (unpaired) electrons. The molecule has 1 aliphatic rings. The molecular formula is C17H19NO4. The normalized spacial score (nSPS) is 18.5. The molecule has 3 rings (SSSR count). The summed E-state index contributed by atoms with van der Waals surface area (Å²) in [7, 11) is 1.65. The Labute approximate surface area is 129 Å². The van der Waals surface area contributed by atoms with Crippen molar-refractivity contribution in [3.8, 4) is 5.75 Å². The smallest absolute Gasteiger partial charge is 0.248 e. The van der Waals surface area contributed by atoms with Crippen molar-refractivity contribution < 1.29 is 19.4 Å². The van der Waals surface area contributed by atoms with Crippen LogP contribution in [0.1, 0.15) is 11.7 Å². The van der Waals surface area contributed by atoms with Crippen molar-refractivity contribution in [2.24, 2.45) is 0 Å². The lowest BCUT2D eigenvalue weighted by atomic mass is 10.0. The molecule has 1 aliphatic heterocycles. The molecule has 1 atom stereocenters. The van der Waals surface area contributed by atoms with Crippen molar-refractivity contribution >= 4 is 16.7 Å². The van der Waals surface area contributed by atoms with Crippen LogP contribution in [0.25, 0.3) is 10.8 Å². The number of hydrogen-bond acceptors (Lipinski definition) is 4. The van der Waals surface area contributed by atoms with Gasteiger partial charge in [-0.05, 0) is 34.5 Å². The van der Waals surface area contributed by atoms with Crippen LogP contribution in [0, 0.1) is 0 Å². The molecule has 1 heterocycles. The highest BCUT2D eigenvalue weighted by Gasteiger charge is 2.24. The van der Waals surface area contributed by atoms with Crippen LogP contribution in [0.5, 0.6) is 5.75 Å². The van der Waals surface area contributed by atoms with Gasteiger partial charge in [0.1, 0.15) is 18.5 Å². The molecule has 0 bridgehead atoms. The molecule has 22 heavy (non-hydrogen) atoms. The number of carbonyl (C=O) groups is 1. The Balaban J connectivity index is 1.85. The predicted octanol–water partition coefficient (Wildman–Crippen LogP) is 1.74. The largest absolute Gasteiger partial charge is 0.497 e. The van der Waals surface area contributed by atoms with E-state index in [1.54, 1.807) is 12.0 Å². The standard InChI is InChI=1S/C17H19NO4/c1-21-15-5-4-12-8-14(3-2-13(12)9-15)16-10-18(6-7-22-16)17(20)11-19/h2-5,8-9,16,19H,6-7,10-11H2,1H3. The molecule has 2 aromatic carbocycles. The molecule has 0 spiro atoms. The van der Waals surface area contributed by atoms with E-state index in [0.29, 0.717) is 19.7 Å². The molecule has 1 amide bonds. The number of hydrogen-bond donors (Lipinski definition) is 1. The van der Waals surface area contributed by atoms with E-state index in [4.69, 9.17) is 14.6 Å². The lowest BCUT2D eigenvalue weighted by Crippen LogP contribution is -2.43. The van der Waals surface area contributed by atoms with Crippen LogP contribution in [0.2, 0.25) is 0 Å². The average molecular weight is 301 g/mol. The summed E-state index contributed by atoms with van der Waals surface area (Å²) in [6.45, 7) is 1.03. The number of aliphatic hydroxyl groups is 1. The maximum absolute atomic E-state index is 11.6. The molecule has 0 saturated carbocycles. The highest BCUT2D eigenvalue weighted by Crippen LogP contribution is 2.27. The zero-order valence-electron chi connectivity index (χ0n) is 12.5. The van der Waals surface area contributed by atoms with Gasteiger partial charge < -0.3 is 19.5 Å². The fourth-order valence-corrected chi connectivity index (χ4v) is 2.75. The maximum atomic E-state index is 11.6. The first kappa shape index (κ1) is 14.8. The molecule has 1 N–H and O–H groups in total. The number of nitrogens with zero attached hydrogens (tertiary/aromatic N) is 1. The van der Waals surface area contributed by atoms with E-state index < -0.39 is 6.61 Å². The van der Waals surface area contributed by atoms with Gasteiger partial charge in [0.25, 0.3) is 0 Å². The lowest BCUT2D eigenvalue weighted by Gasteiger charge is -2.33. The van der Waals surface area contributed by atoms with Crippen LogP contribution in [0.4, 0.5) is 0 Å². The number of benzene rings is 2. The molecular weight excluding hydrogens is 282 g/mol. The Morgan fingerprint density at radius 2 is 2.09 bits per heavy atom. The summed E-state index contributed by atoms with van der Waals surface area (Å²) in [5, 5.41) is 11.2. The van der Waals surface area contributed by atoms with E-state index in [1.165, 1.54) is 0 Å². The second-order valence-electron chi connectivity index (χ2n) is 5.33. The molecule has 0 aromatic heterocycles. The van der Waals surface area contributed by atoms with Crippen LogP contribution in [-0.2, 0) is 9.53 Å². The second kappa shape index (κ2) is 6.34. The van der Waals surface area contributed by atoms with Crippen molar-refractivity contribution in [3.05, 3.63) is 42.0 Å². The molecule has 1 unspecified atom stereocenters. The second-order valence-corrected chi connectivity index (χ2v) is 5.33. The molecule has 1 fully saturated rings. The van der Waals surface area contributed by atoms with Gasteiger partial charge >= 0.3 is 0 Å². The first-order chi connectivity index (χ1) is 10.7. The van der Waals surface area contributed by atoms with Crippen LogP contribution < -0.4 is 4.74 Å². The quantitative estimate of drug-likeness (QED) is 0.938. The number of methoxy groups -OCH3 is 1. The summed E-state index contributed by atoms with van der Waals surface area (Å²) in [5.41, 5.74) is 1.04. The minimum absolute atomic E-state index is 0.157. The van der Waals surface area contributed by atoms with Crippen LogP contribution in [-0.4, -0.2) is 49.3 Å². The number of morpholine rings is 1. The Bertz CT molecular complexity index is 685. The third-order valence-corrected chi connectivity index (χ3v) is 4.00. The minimum atomic E-state index is -0.454. The number of amides is 1. The van der Waals surface area contributed by atoms with Gasteiger partial charge in [-0.15, -0.1) is 0 Å². The third-order valence-electron chi connectivity index (χ3n) is 4.00. The summed E-state index contributed by atoms with van der Waals surface area (Å²) in [6, 6.07) is 12.0. The van der Waals surface area contributed by atoms with Crippen LogP contribution >= 0.6 is 0 Å². The minimum Gasteiger partial charge on any atom is -0.497 e. The van der Waals surface area contributed by atoms with Gasteiger partial charge in [-0.3, -0.25) is 4.79 Å². The monoisotopic (exact) mass is 301 g/mol. The number of carbonyl (C=O) groups excluding carboxylic acids is 1. The number of rotatable bonds is 3. The van der Waals surface area contributed by atoms with Gasteiger partial charge in [-0.1, -0.05) is 18.2 Å². The summed E-state index contributed by atoms with van der Waals surface area (Å²) in [6.07, 6.45) is -0.157. The highest BCUT2D eigenvalue weighted by molar-refractivity contribution is 5.84. The van der Waals surface area contributed by atoms with E-state index in [2.05, 4.69) is 6.07 Å². The van der Waals surface area contributed by atoms with E-state index in [1.807, 2.05) is 30.3 Å². The summed E-state index contributed by atoms with van der Waals surface area (Å²) >= 11 is 0. The first-order valence-electron chi connectivity index (χ1n) is 7.29. The van der Waals surface area contributed by atoms with Crippen LogP contribution in [0.3, 0.4) is 0 Å². The number of ether oxygens (including phenoxy) is 2. The van der Waals surface area contributed by atoms with Crippen molar-refractivity contribution in [2.45, 2.75) is 6.10 Å². The van der Waals surface area contributed by atoms with Gasteiger partial charge in [0.2, 0.25) is 5.91 Å². The first-order valence-corrected chi connectivity index (χ1v) is 7.29. The van der Waals surface area contributed by atoms with Crippen molar-refractivity contribution in [1.29, 1.82) is 0 Å². The summed E-state index contributed by atoms with van der Waals surface area (Å²) < 4.78 is 11.0. The Morgan fingerprint density at radius 3 is 2.86 bits per heavy atom. The SMILES string of the molecule is COc1ccc2cc(C3CN(C(=O)CO)CCO3)ccc2c1. The zero-order valence-corrected chi connectivity index (χ0v) is 12.5. The number of aliphatic hydroxyl groups excluding tert-OH is 1. The highest BCUT2D eigenvalue weighted by atomic mass is 16.5. The third kappa shape index (κ3) is 2.91. The topological polar surface area (TPSA) is 59.0 Å². The van der Waals surface area contributed by atoms with Gasteiger partial charge in [0.05, 0.1) is 20.3 Å². The molecule has 5 nitrogen and oxygen atoms in total. The summed E-state index contributed by atoms with van der Waals surface area (Å²) in [4.78, 5) is 13.3. The van der Waals surface area contributed by atoms with E-state index in [-0.39, 0.29) is 12.0 Å². The summed E-state index contributed by atoms with van der Waals surface area (Å²) in [5.74, 6) is 0.577. The number of fused-ring (bicyclic) bond motifs is 1. The van der Waals surface area contributed by atoms with E-state index >= 15 is 0 Å². The van der Waals surface area contributed by atoms with Gasteiger partial charge in [0, 0.05) is 6.54 Å². The molecule has 1 saturated heterocycles. The van der Waals surface area contributed by atoms with Crippen molar-refractivity contribution in [3.63, 3.8) is 0 Å². The molecule has 116 valence electrons. The molecule has 2 aromatic rings. The Hall–Kier alpha value is -2.11. The van der Waals surface area contributed by atoms with E-state index in [0.717, 1.165) is 22.1 Å². The predicted molar refractivity (Wildman–Crippen MR) is 82.9 cm³/mol. The van der Waals surface area contributed by atoms with Gasteiger partial charge in [0.15, 0.2) is 0 Å². The van der Waals surface area contributed by atoms with Crippen LogP contribution in [0.15, 0.2) is 36.4 Å². The van der Waals surface area contributed by atoms with Crippen molar-refractivity contribution in [2.75, 3.05) is 33.4 Å². The zero-order chi connectivity index (χ0) is 15.5. The molecule has 5 heteroatoms. The molecule has 0 aliphatic carbocycles. The van der Waals surface area contributed by atoms with E-state index in [9.17, 15) is 4.79 Å². The average Bonchev–Trinajstić information content (AvgIpc) is 2.60. The van der Waals surface area contributed by atoms with Crippen molar-refractivity contribution in [1.82, 2.24) is 4.90 Å².